The summed E-state index contributed by atoms with van der Waals surface area (Å²) in [5.74, 6) is 1.41. The van der Waals surface area contributed by atoms with E-state index in [2.05, 4.69) is 50.5 Å². The number of hydrogen-bond acceptors (Lipinski definition) is 7. The molecule has 0 amide bonds. The lowest BCUT2D eigenvalue weighted by Gasteiger charge is -2.24. The molecule has 0 aliphatic carbocycles. The lowest BCUT2D eigenvalue weighted by Crippen LogP contribution is -2.14. The van der Waals surface area contributed by atoms with Gasteiger partial charge in [-0.3, -0.25) is 14.5 Å². The van der Waals surface area contributed by atoms with Gasteiger partial charge in [0.05, 0.1) is 29.9 Å². The van der Waals surface area contributed by atoms with E-state index in [1.807, 2.05) is 50.1 Å². The summed E-state index contributed by atoms with van der Waals surface area (Å²) in [5.41, 5.74) is 8.58. The van der Waals surface area contributed by atoms with Crippen LogP contribution in [0.4, 0.5) is 0 Å². The van der Waals surface area contributed by atoms with Gasteiger partial charge in [0, 0.05) is 41.3 Å². The number of H-pyrrole nitrogens is 1. The van der Waals surface area contributed by atoms with E-state index in [1.165, 1.54) is 0 Å². The molecule has 0 radical (unpaired) electrons. The minimum atomic E-state index is -0.197. The molecule has 7 rings (SSSR count). The fraction of sp³-hybridized carbons (Fsp3) is 0.231. The summed E-state index contributed by atoms with van der Waals surface area (Å²) in [5, 5.41) is 21.2. The Morgan fingerprint density at radius 3 is 2.73 bits per heavy atom. The van der Waals surface area contributed by atoms with Crippen LogP contribution in [0, 0.1) is 20.8 Å². The lowest BCUT2D eigenvalue weighted by atomic mass is 9.86. The van der Waals surface area contributed by atoms with Crippen LogP contribution in [-0.2, 0) is 13.6 Å². The highest BCUT2D eigenvalue weighted by Gasteiger charge is 2.37. The smallest absolute Gasteiger partial charge is 0.244 e. The average molecular weight is 493 g/mol. The number of aryl methyl sites for hydroxylation is 4. The summed E-state index contributed by atoms with van der Waals surface area (Å²) < 4.78 is 11.6. The minimum Gasteiger partial charge on any atom is -0.418 e. The van der Waals surface area contributed by atoms with Gasteiger partial charge < -0.3 is 4.74 Å². The van der Waals surface area contributed by atoms with Gasteiger partial charge in [-0.2, -0.15) is 10.2 Å². The first kappa shape index (κ1) is 21.5. The van der Waals surface area contributed by atoms with E-state index in [1.54, 1.807) is 15.5 Å². The van der Waals surface area contributed by atoms with Crippen LogP contribution in [0.2, 0.25) is 0 Å². The summed E-state index contributed by atoms with van der Waals surface area (Å²) >= 11 is 0. The number of nitrogens with one attached hydrogen (secondary N) is 1. The number of aromatic amines is 1. The van der Waals surface area contributed by atoms with E-state index >= 15 is 0 Å². The highest BCUT2D eigenvalue weighted by atomic mass is 16.5. The number of aromatic nitrogens is 10. The summed E-state index contributed by atoms with van der Waals surface area (Å²) in [6.07, 6.45) is 5.49. The molecule has 0 fully saturated rings. The third-order valence-corrected chi connectivity index (χ3v) is 6.80. The van der Waals surface area contributed by atoms with Crippen molar-refractivity contribution in [3.05, 3.63) is 88.4 Å². The molecule has 0 bridgehead atoms. The van der Waals surface area contributed by atoms with E-state index < -0.39 is 0 Å². The van der Waals surface area contributed by atoms with Crippen LogP contribution in [0.15, 0.2) is 49.1 Å². The van der Waals surface area contributed by atoms with Gasteiger partial charge in [-0.1, -0.05) is 18.2 Å². The van der Waals surface area contributed by atoms with E-state index in [9.17, 15) is 0 Å². The van der Waals surface area contributed by atoms with Crippen LogP contribution in [0.25, 0.3) is 17.0 Å². The maximum atomic E-state index is 6.11. The molecule has 5 aromatic heterocycles. The third kappa shape index (κ3) is 3.42. The molecule has 11 heteroatoms. The summed E-state index contributed by atoms with van der Waals surface area (Å²) in [6.45, 7) is 6.74. The van der Waals surface area contributed by atoms with Gasteiger partial charge in [0.1, 0.15) is 6.33 Å². The number of rotatable bonds is 4. The molecule has 1 aliphatic heterocycles. The van der Waals surface area contributed by atoms with Crippen molar-refractivity contribution < 1.29 is 4.74 Å². The largest absolute Gasteiger partial charge is 0.418 e. The maximum Gasteiger partial charge on any atom is 0.244 e. The average Bonchev–Trinajstić information content (AvgIpc) is 3.65. The molecule has 1 N–H and O–H groups in total. The molecule has 6 aromatic rings. The SMILES string of the molecule is Cc1cc(C)n(Cc2cccc(-c3nc4c5c(ncn4n3)Oc3n[nH]c(C)c3C5c3cnn(C)c3)c2)n1. The molecular formula is C26H24N10O. The normalized spacial score (nSPS) is 14.5. The Labute approximate surface area is 211 Å². The molecule has 1 unspecified atom stereocenters. The second-order valence-electron chi connectivity index (χ2n) is 9.50. The lowest BCUT2D eigenvalue weighted by molar-refractivity contribution is 0.416. The first-order chi connectivity index (χ1) is 17.9. The van der Waals surface area contributed by atoms with Gasteiger partial charge in [0.2, 0.25) is 11.8 Å². The van der Waals surface area contributed by atoms with Crippen molar-refractivity contribution in [1.29, 1.82) is 0 Å². The third-order valence-electron chi connectivity index (χ3n) is 6.80. The van der Waals surface area contributed by atoms with E-state index in [4.69, 9.17) is 14.8 Å². The van der Waals surface area contributed by atoms with Crippen molar-refractivity contribution >= 4 is 5.65 Å². The molecule has 11 nitrogen and oxygen atoms in total. The van der Waals surface area contributed by atoms with Crippen molar-refractivity contribution in [3.8, 4) is 23.1 Å². The Bertz CT molecular complexity index is 1800. The van der Waals surface area contributed by atoms with Gasteiger partial charge in [0.25, 0.3) is 0 Å². The Morgan fingerprint density at radius 1 is 1.05 bits per heavy atom. The summed E-state index contributed by atoms with van der Waals surface area (Å²) in [7, 11) is 1.90. The molecule has 1 atom stereocenters. The van der Waals surface area contributed by atoms with Crippen LogP contribution < -0.4 is 4.74 Å². The molecule has 0 saturated heterocycles. The highest BCUT2D eigenvalue weighted by molar-refractivity contribution is 5.68. The van der Waals surface area contributed by atoms with Gasteiger partial charge in [0.15, 0.2) is 11.5 Å². The first-order valence-corrected chi connectivity index (χ1v) is 12.0. The fourth-order valence-electron chi connectivity index (χ4n) is 5.12. The Kier molecular flexibility index (Phi) is 4.56. The number of fused-ring (bicyclic) bond motifs is 4. The van der Waals surface area contributed by atoms with Crippen LogP contribution in [-0.4, -0.2) is 49.3 Å². The zero-order valence-electron chi connectivity index (χ0n) is 20.8. The Morgan fingerprint density at radius 2 is 1.95 bits per heavy atom. The quantitative estimate of drug-likeness (QED) is 0.398. The standard InChI is InChI=1S/C26H24N10O/c1-14-8-15(2)35(32-14)11-17-6-5-7-18(9-17)23-29-24-22-21(19-10-28-34(4)12-19)20-16(3)30-31-26(20)37-25(22)27-13-36(24)33-23/h5-10,12-13,21H,11H2,1-4H3,(H,30,31). The minimum absolute atomic E-state index is 0.197. The summed E-state index contributed by atoms with van der Waals surface area (Å²) in [4.78, 5) is 9.56. The molecule has 37 heavy (non-hydrogen) atoms. The molecule has 0 saturated carbocycles. The van der Waals surface area contributed by atoms with Crippen LogP contribution in [0.5, 0.6) is 11.8 Å². The molecule has 1 aromatic carbocycles. The maximum absolute atomic E-state index is 6.11. The highest BCUT2D eigenvalue weighted by Crippen LogP contribution is 2.48. The van der Waals surface area contributed by atoms with Crippen molar-refractivity contribution in [1.82, 2.24) is 49.3 Å². The van der Waals surface area contributed by atoms with Crippen molar-refractivity contribution in [2.24, 2.45) is 7.05 Å². The molecule has 0 spiro atoms. The van der Waals surface area contributed by atoms with Gasteiger partial charge in [-0.05, 0) is 38.5 Å². The van der Waals surface area contributed by atoms with E-state index in [0.29, 0.717) is 29.8 Å². The monoisotopic (exact) mass is 492 g/mol. The zero-order valence-corrected chi connectivity index (χ0v) is 20.8. The predicted octanol–water partition coefficient (Wildman–Crippen LogP) is 3.70. The van der Waals surface area contributed by atoms with Gasteiger partial charge in [-0.15, -0.1) is 10.2 Å². The Hall–Kier alpha value is -4.80. The number of ether oxygens (including phenoxy) is 1. The topological polar surface area (TPSA) is 117 Å². The second kappa shape index (κ2) is 7.85. The number of benzene rings is 1. The van der Waals surface area contributed by atoms with E-state index in [0.717, 1.165) is 44.9 Å². The molecule has 1 aliphatic rings. The molecular weight excluding hydrogens is 468 g/mol. The fourth-order valence-corrected chi connectivity index (χ4v) is 5.12. The van der Waals surface area contributed by atoms with Crippen molar-refractivity contribution in [3.63, 3.8) is 0 Å². The number of hydrogen-bond donors (Lipinski definition) is 1. The van der Waals surface area contributed by atoms with Crippen LogP contribution in [0.3, 0.4) is 0 Å². The van der Waals surface area contributed by atoms with Crippen LogP contribution in [0.1, 0.15) is 45.3 Å². The van der Waals surface area contributed by atoms with Crippen molar-refractivity contribution in [2.45, 2.75) is 33.2 Å². The molecule has 184 valence electrons. The van der Waals surface area contributed by atoms with Gasteiger partial charge >= 0.3 is 0 Å². The number of nitrogens with zero attached hydrogens (tertiary/aromatic N) is 9. The van der Waals surface area contributed by atoms with Crippen molar-refractivity contribution in [2.75, 3.05) is 0 Å². The zero-order chi connectivity index (χ0) is 25.3. The summed E-state index contributed by atoms with van der Waals surface area (Å²) in [6, 6.07) is 10.3. The second-order valence-corrected chi connectivity index (χ2v) is 9.50. The van der Waals surface area contributed by atoms with Gasteiger partial charge in [-0.25, -0.2) is 14.5 Å². The molecule has 6 heterocycles. The Balaban J connectivity index is 1.35. The van der Waals surface area contributed by atoms with Crippen LogP contribution >= 0.6 is 0 Å². The first-order valence-electron chi connectivity index (χ1n) is 12.0. The predicted molar refractivity (Wildman–Crippen MR) is 135 cm³/mol. The van der Waals surface area contributed by atoms with E-state index in [-0.39, 0.29) is 5.92 Å².